The average molecular weight is 496 g/mol. The molecular formula is C26H23F2N3O3S. The number of nitrogens with one attached hydrogen (secondary N) is 1. The molecule has 0 radical (unpaired) electrons. The number of benzene rings is 3. The van der Waals surface area contributed by atoms with Crippen LogP contribution in [-0.2, 0) is 16.0 Å². The van der Waals surface area contributed by atoms with Crippen molar-refractivity contribution in [3.05, 3.63) is 90.0 Å². The van der Waals surface area contributed by atoms with Crippen molar-refractivity contribution in [2.45, 2.75) is 18.1 Å². The van der Waals surface area contributed by atoms with Gasteiger partial charge in [-0.15, -0.1) is 0 Å². The molecule has 1 aliphatic rings. The number of halogens is 2. The third-order valence-electron chi connectivity index (χ3n) is 5.35. The number of thioether (sulfide) groups is 1. The molecule has 4 rings (SSSR count). The molecule has 3 aromatic carbocycles. The third-order valence-corrected chi connectivity index (χ3v) is 6.53. The van der Waals surface area contributed by atoms with Crippen LogP contribution in [0.5, 0.6) is 5.75 Å². The van der Waals surface area contributed by atoms with Gasteiger partial charge in [-0.3, -0.25) is 14.5 Å². The van der Waals surface area contributed by atoms with Crippen molar-refractivity contribution >= 4 is 40.1 Å². The summed E-state index contributed by atoms with van der Waals surface area (Å²) in [6.07, 6.45) is 0.510. The number of nitrogens with zero attached hydrogens (tertiary/aromatic N) is 2. The molecule has 0 saturated carbocycles. The van der Waals surface area contributed by atoms with E-state index in [1.54, 1.807) is 12.0 Å². The van der Waals surface area contributed by atoms with Gasteiger partial charge in [0.05, 0.1) is 12.8 Å². The number of carbonyl (C=O) groups is 2. The first-order valence-corrected chi connectivity index (χ1v) is 11.8. The van der Waals surface area contributed by atoms with E-state index in [2.05, 4.69) is 10.3 Å². The number of methoxy groups -OCH3 is 1. The maximum atomic E-state index is 13.3. The smallest absolute Gasteiger partial charge is 0.242 e. The number of hydrogen-bond acceptors (Lipinski definition) is 5. The first kappa shape index (κ1) is 24.4. The molecule has 1 heterocycles. The number of amides is 2. The molecule has 0 aliphatic carbocycles. The highest BCUT2D eigenvalue weighted by Crippen LogP contribution is 2.32. The van der Waals surface area contributed by atoms with E-state index in [0.717, 1.165) is 11.3 Å². The summed E-state index contributed by atoms with van der Waals surface area (Å²) in [7, 11) is 1.60. The summed E-state index contributed by atoms with van der Waals surface area (Å²) < 4.78 is 31.6. The lowest BCUT2D eigenvalue weighted by atomic mass is 10.1. The van der Waals surface area contributed by atoms with Crippen molar-refractivity contribution in [3.8, 4) is 5.75 Å². The highest BCUT2D eigenvalue weighted by molar-refractivity contribution is 8.15. The minimum atomic E-state index is -0.662. The molecule has 1 N–H and O–H groups in total. The maximum absolute atomic E-state index is 13.3. The van der Waals surface area contributed by atoms with Crippen LogP contribution in [0.1, 0.15) is 12.0 Å². The second-order valence-electron chi connectivity index (χ2n) is 7.82. The minimum Gasteiger partial charge on any atom is -0.497 e. The fourth-order valence-corrected chi connectivity index (χ4v) is 4.69. The van der Waals surface area contributed by atoms with E-state index in [4.69, 9.17) is 4.74 Å². The number of anilines is 1. The van der Waals surface area contributed by atoms with Gasteiger partial charge in [0.1, 0.15) is 22.6 Å². The van der Waals surface area contributed by atoms with Crippen LogP contribution in [0.2, 0.25) is 0 Å². The molecular weight excluding hydrogens is 472 g/mol. The summed E-state index contributed by atoms with van der Waals surface area (Å²) >= 11 is 1.20. The molecule has 1 atom stereocenters. The normalized spacial score (nSPS) is 16.5. The van der Waals surface area contributed by atoms with Crippen molar-refractivity contribution < 1.29 is 23.1 Å². The lowest BCUT2D eigenvalue weighted by Crippen LogP contribution is -2.35. The van der Waals surface area contributed by atoms with Gasteiger partial charge in [0, 0.05) is 18.7 Å². The van der Waals surface area contributed by atoms with Gasteiger partial charge in [0.25, 0.3) is 0 Å². The van der Waals surface area contributed by atoms with E-state index < -0.39 is 11.1 Å². The molecule has 6 nitrogen and oxygen atoms in total. The lowest BCUT2D eigenvalue weighted by molar-refractivity contribution is -0.128. The van der Waals surface area contributed by atoms with Crippen LogP contribution in [0.3, 0.4) is 0 Å². The van der Waals surface area contributed by atoms with Crippen molar-refractivity contribution in [2.75, 3.05) is 19.0 Å². The predicted molar refractivity (Wildman–Crippen MR) is 133 cm³/mol. The molecule has 0 aromatic heterocycles. The minimum absolute atomic E-state index is 0.0671. The van der Waals surface area contributed by atoms with Crippen LogP contribution in [0, 0.1) is 11.6 Å². The number of amidine groups is 1. The molecule has 1 saturated heterocycles. The van der Waals surface area contributed by atoms with Crippen LogP contribution < -0.4 is 10.1 Å². The summed E-state index contributed by atoms with van der Waals surface area (Å²) in [5.74, 6) is -0.624. The van der Waals surface area contributed by atoms with E-state index in [-0.39, 0.29) is 24.1 Å². The quantitative estimate of drug-likeness (QED) is 0.468. The zero-order valence-electron chi connectivity index (χ0n) is 18.9. The Kier molecular flexibility index (Phi) is 7.77. The molecule has 35 heavy (non-hydrogen) atoms. The standard InChI is InChI=1S/C26H23F2N3O3S/c1-34-22-12-2-17(3-13-22)14-15-31-25(33)23(16-24(32)29-20-8-4-18(27)5-9-20)35-26(31)30-21-10-6-19(28)7-11-21/h2-13,23H,14-16H2,1H3,(H,29,32)/t23-/m0/s1. The van der Waals surface area contributed by atoms with Crippen molar-refractivity contribution in [1.29, 1.82) is 0 Å². The molecule has 9 heteroatoms. The van der Waals surface area contributed by atoms with Crippen molar-refractivity contribution in [3.63, 3.8) is 0 Å². The lowest BCUT2D eigenvalue weighted by Gasteiger charge is -2.16. The Morgan fingerprint density at radius 2 is 1.63 bits per heavy atom. The number of hydrogen-bond donors (Lipinski definition) is 1. The van der Waals surface area contributed by atoms with Gasteiger partial charge in [-0.1, -0.05) is 23.9 Å². The largest absolute Gasteiger partial charge is 0.497 e. The zero-order chi connectivity index (χ0) is 24.8. The molecule has 1 fully saturated rings. The second kappa shape index (κ2) is 11.1. The monoisotopic (exact) mass is 495 g/mol. The first-order valence-electron chi connectivity index (χ1n) is 10.9. The summed E-state index contributed by atoms with van der Waals surface area (Å²) in [4.78, 5) is 31.9. The van der Waals surface area contributed by atoms with Gasteiger partial charge in [0.2, 0.25) is 11.8 Å². The molecule has 0 spiro atoms. The van der Waals surface area contributed by atoms with Crippen LogP contribution in [-0.4, -0.2) is 40.8 Å². The summed E-state index contributed by atoms with van der Waals surface area (Å²) in [5.41, 5.74) is 1.97. The fourth-order valence-electron chi connectivity index (χ4n) is 3.50. The SMILES string of the molecule is COc1ccc(CCN2C(=O)[C@H](CC(=O)Nc3ccc(F)cc3)SC2=Nc2ccc(F)cc2)cc1. The Morgan fingerprint density at radius 1 is 1.00 bits per heavy atom. The van der Waals surface area contributed by atoms with Gasteiger partial charge < -0.3 is 10.1 Å². The predicted octanol–water partition coefficient (Wildman–Crippen LogP) is 5.18. The van der Waals surface area contributed by atoms with Gasteiger partial charge in [0.15, 0.2) is 5.17 Å². The van der Waals surface area contributed by atoms with Gasteiger partial charge in [-0.25, -0.2) is 13.8 Å². The van der Waals surface area contributed by atoms with Crippen molar-refractivity contribution in [2.24, 2.45) is 4.99 Å². The molecule has 0 unspecified atom stereocenters. The number of aliphatic imine (C=N–C) groups is 1. The van der Waals surface area contributed by atoms with E-state index in [1.165, 1.54) is 60.3 Å². The van der Waals surface area contributed by atoms with E-state index >= 15 is 0 Å². The highest BCUT2D eigenvalue weighted by Gasteiger charge is 2.39. The van der Waals surface area contributed by atoms with Gasteiger partial charge in [-0.2, -0.15) is 0 Å². The highest BCUT2D eigenvalue weighted by atomic mass is 32.2. The number of carbonyl (C=O) groups excluding carboxylic acids is 2. The first-order chi connectivity index (χ1) is 16.9. The second-order valence-corrected chi connectivity index (χ2v) is 8.99. The van der Waals surface area contributed by atoms with Crippen LogP contribution in [0.4, 0.5) is 20.2 Å². The topological polar surface area (TPSA) is 71.0 Å². The molecule has 3 aromatic rings. The Hall–Kier alpha value is -3.72. The average Bonchev–Trinajstić information content (AvgIpc) is 3.14. The maximum Gasteiger partial charge on any atom is 0.242 e. The molecule has 180 valence electrons. The Balaban J connectivity index is 1.49. The molecule has 0 bridgehead atoms. The van der Waals surface area contributed by atoms with E-state index in [9.17, 15) is 18.4 Å². The number of ether oxygens (including phenoxy) is 1. The Morgan fingerprint density at radius 3 is 2.26 bits per heavy atom. The van der Waals surface area contributed by atoms with E-state index in [1.807, 2.05) is 24.3 Å². The Bertz CT molecular complexity index is 1220. The van der Waals surface area contributed by atoms with Gasteiger partial charge >= 0.3 is 0 Å². The summed E-state index contributed by atoms with van der Waals surface area (Å²) in [6.45, 7) is 0.369. The van der Waals surface area contributed by atoms with Crippen molar-refractivity contribution in [1.82, 2.24) is 4.90 Å². The van der Waals surface area contributed by atoms with Crippen LogP contribution in [0.15, 0.2) is 77.8 Å². The third kappa shape index (κ3) is 6.45. The van der Waals surface area contributed by atoms with Crippen LogP contribution >= 0.6 is 11.8 Å². The zero-order valence-corrected chi connectivity index (χ0v) is 19.7. The fraction of sp³-hybridized carbons (Fsp3) is 0.192. The summed E-state index contributed by atoms with van der Waals surface area (Å²) in [5, 5.41) is 2.48. The molecule has 2 amide bonds. The Labute approximate surface area is 206 Å². The summed E-state index contributed by atoms with van der Waals surface area (Å²) in [6, 6.07) is 18.6. The van der Waals surface area contributed by atoms with Crippen LogP contribution in [0.25, 0.3) is 0 Å². The van der Waals surface area contributed by atoms with E-state index in [0.29, 0.717) is 29.5 Å². The molecule has 1 aliphatic heterocycles. The number of rotatable bonds is 8. The van der Waals surface area contributed by atoms with Gasteiger partial charge in [-0.05, 0) is 72.6 Å².